The molecule has 1 aliphatic rings. The number of piperidine rings is 1. The van der Waals surface area contributed by atoms with Gasteiger partial charge in [-0.15, -0.1) is 0 Å². The highest BCUT2D eigenvalue weighted by Crippen LogP contribution is 2.27. The third-order valence-electron chi connectivity index (χ3n) is 3.44. The fraction of sp³-hybridized carbons (Fsp3) is 0.500. The van der Waals surface area contributed by atoms with Gasteiger partial charge in [-0.3, -0.25) is 4.79 Å². The third kappa shape index (κ3) is 2.93. The molecule has 0 aliphatic carbocycles. The van der Waals surface area contributed by atoms with E-state index in [1.807, 2.05) is 12.1 Å². The zero-order chi connectivity index (χ0) is 12.3. The van der Waals surface area contributed by atoms with Crippen molar-refractivity contribution in [3.8, 4) is 0 Å². The SMILES string of the molecule is CC(=O)c1ccc(C(O)C2CCCNC2)cc1. The summed E-state index contributed by atoms with van der Waals surface area (Å²) < 4.78 is 0. The largest absolute Gasteiger partial charge is 0.388 e. The zero-order valence-electron chi connectivity index (χ0n) is 10.1. The van der Waals surface area contributed by atoms with E-state index in [1.165, 1.54) is 0 Å². The molecule has 0 spiro atoms. The van der Waals surface area contributed by atoms with Crippen molar-refractivity contribution in [2.24, 2.45) is 5.92 Å². The summed E-state index contributed by atoms with van der Waals surface area (Å²) in [7, 11) is 0. The summed E-state index contributed by atoms with van der Waals surface area (Å²) in [4.78, 5) is 11.2. The molecule has 0 aromatic heterocycles. The van der Waals surface area contributed by atoms with Crippen LogP contribution in [0.2, 0.25) is 0 Å². The first-order valence-corrected chi connectivity index (χ1v) is 6.18. The molecule has 0 amide bonds. The smallest absolute Gasteiger partial charge is 0.159 e. The van der Waals surface area contributed by atoms with Crippen LogP contribution in [0.5, 0.6) is 0 Å². The highest BCUT2D eigenvalue weighted by atomic mass is 16.3. The van der Waals surface area contributed by atoms with Crippen LogP contribution in [0, 0.1) is 5.92 Å². The molecule has 1 aliphatic heterocycles. The predicted octanol–water partition coefficient (Wildman–Crippen LogP) is 1.92. The molecule has 0 bridgehead atoms. The van der Waals surface area contributed by atoms with Gasteiger partial charge < -0.3 is 10.4 Å². The summed E-state index contributed by atoms with van der Waals surface area (Å²) >= 11 is 0. The molecule has 92 valence electrons. The van der Waals surface area contributed by atoms with Gasteiger partial charge in [0.1, 0.15) is 0 Å². The number of carbonyl (C=O) groups is 1. The van der Waals surface area contributed by atoms with Gasteiger partial charge in [-0.2, -0.15) is 0 Å². The Balaban J connectivity index is 2.07. The van der Waals surface area contributed by atoms with Crippen molar-refractivity contribution < 1.29 is 9.90 Å². The van der Waals surface area contributed by atoms with Gasteiger partial charge in [0.15, 0.2) is 5.78 Å². The Kier molecular flexibility index (Phi) is 3.92. The Bertz CT molecular complexity index is 380. The first kappa shape index (κ1) is 12.3. The first-order valence-electron chi connectivity index (χ1n) is 6.18. The van der Waals surface area contributed by atoms with Crippen LogP contribution < -0.4 is 5.32 Å². The second kappa shape index (κ2) is 5.43. The van der Waals surface area contributed by atoms with E-state index in [9.17, 15) is 9.90 Å². The van der Waals surface area contributed by atoms with E-state index in [0.29, 0.717) is 5.56 Å². The predicted molar refractivity (Wildman–Crippen MR) is 67.0 cm³/mol. The van der Waals surface area contributed by atoms with Gasteiger partial charge in [0.05, 0.1) is 6.10 Å². The standard InChI is InChI=1S/C14H19NO2/c1-10(16)11-4-6-12(7-5-11)14(17)13-3-2-8-15-9-13/h4-7,13-15,17H,2-3,8-9H2,1H3. The summed E-state index contributed by atoms with van der Waals surface area (Å²) in [5.41, 5.74) is 1.60. The summed E-state index contributed by atoms with van der Waals surface area (Å²) in [5, 5.41) is 13.6. The molecule has 0 saturated carbocycles. The quantitative estimate of drug-likeness (QED) is 0.784. The maximum Gasteiger partial charge on any atom is 0.159 e. The van der Waals surface area contributed by atoms with Gasteiger partial charge in [-0.1, -0.05) is 24.3 Å². The van der Waals surface area contributed by atoms with Crippen molar-refractivity contribution in [2.75, 3.05) is 13.1 Å². The van der Waals surface area contributed by atoms with Crippen molar-refractivity contribution in [1.82, 2.24) is 5.32 Å². The Morgan fingerprint density at radius 1 is 1.41 bits per heavy atom. The lowest BCUT2D eigenvalue weighted by Gasteiger charge is -2.27. The van der Waals surface area contributed by atoms with Gasteiger partial charge in [0, 0.05) is 18.0 Å². The maximum atomic E-state index is 11.2. The van der Waals surface area contributed by atoms with Gasteiger partial charge in [-0.25, -0.2) is 0 Å². The lowest BCUT2D eigenvalue weighted by molar-refractivity contribution is 0.0920. The summed E-state index contributed by atoms with van der Waals surface area (Å²) in [6.45, 7) is 3.47. The molecule has 1 heterocycles. The number of Topliss-reactive ketones (excluding diaryl/α,β-unsaturated/α-hetero) is 1. The van der Waals surface area contributed by atoms with E-state index in [-0.39, 0.29) is 11.7 Å². The lowest BCUT2D eigenvalue weighted by atomic mass is 9.89. The Morgan fingerprint density at radius 2 is 2.12 bits per heavy atom. The average Bonchev–Trinajstić information content (AvgIpc) is 2.39. The van der Waals surface area contributed by atoms with Crippen LogP contribution in [0.1, 0.15) is 41.8 Å². The normalized spacial score (nSPS) is 22.1. The number of hydrogen-bond donors (Lipinski definition) is 2. The Labute approximate surface area is 102 Å². The molecule has 1 aromatic carbocycles. The van der Waals surface area contributed by atoms with Crippen LogP contribution in [0.4, 0.5) is 0 Å². The van der Waals surface area contributed by atoms with Crippen LogP contribution >= 0.6 is 0 Å². The minimum absolute atomic E-state index is 0.0605. The highest BCUT2D eigenvalue weighted by molar-refractivity contribution is 5.94. The second-order valence-electron chi connectivity index (χ2n) is 4.73. The molecule has 3 nitrogen and oxygen atoms in total. The van der Waals surface area contributed by atoms with Crippen LogP contribution in [0.15, 0.2) is 24.3 Å². The minimum Gasteiger partial charge on any atom is -0.388 e. The van der Waals surface area contributed by atoms with Crippen molar-refractivity contribution in [2.45, 2.75) is 25.9 Å². The number of nitrogens with one attached hydrogen (secondary N) is 1. The van der Waals surface area contributed by atoms with Crippen LogP contribution in [-0.4, -0.2) is 24.0 Å². The Hall–Kier alpha value is -1.19. The van der Waals surface area contributed by atoms with Gasteiger partial charge in [0.25, 0.3) is 0 Å². The van der Waals surface area contributed by atoms with E-state index < -0.39 is 6.10 Å². The lowest BCUT2D eigenvalue weighted by Crippen LogP contribution is -2.33. The van der Waals surface area contributed by atoms with E-state index in [0.717, 1.165) is 31.5 Å². The number of rotatable bonds is 3. The summed E-state index contributed by atoms with van der Waals surface area (Å²) in [5.74, 6) is 0.345. The fourth-order valence-corrected chi connectivity index (χ4v) is 2.34. The van der Waals surface area contributed by atoms with E-state index in [4.69, 9.17) is 0 Å². The average molecular weight is 233 g/mol. The van der Waals surface area contributed by atoms with Gasteiger partial charge in [-0.05, 0) is 31.9 Å². The monoisotopic (exact) mass is 233 g/mol. The number of aliphatic hydroxyl groups is 1. The van der Waals surface area contributed by atoms with Crippen molar-refractivity contribution in [1.29, 1.82) is 0 Å². The van der Waals surface area contributed by atoms with Crippen molar-refractivity contribution in [3.63, 3.8) is 0 Å². The zero-order valence-corrected chi connectivity index (χ0v) is 10.1. The van der Waals surface area contributed by atoms with Gasteiger partial charge >= 0.3 is 0 Å². The summed E-state index contributed by atoms with van der Waals surface area (Å²) in [6, 6.07) is 7.29. The molecular formula is C14H19NO2. The molecule has 2 unspecified atom stereocenters. The molecule has 1 aromatic rings. The Morgan fingerprint density at radius 3 is 2.65 bits per heavy atom. The summed E-state index contributed by atoms with van der Waals surface area (Å²) in [6.07, 6.45) is 1.75. The number of ketones is 1. The first-order chi connectivity index (χ1) is 8.18. The van der Waals surface area contributed by atoms with Crippen LogP contribution in [0.3, 0.4) is 0 Å². The van der Waals surface area contributed by atoms with E-state index in [2.05, 4.69) is 5.32 Å². The molecule has 2 atom stereocenters. The molecule has 17 heavy (non-hydrogen) atoms. The maximum absolute atomic E-state index is 11.2. The molecular weight excluding hydrogens is 214 g/mol. The third-order valence-corrected chi connectivity index (χ3v) is 3.44. The molecule has 3 heteroatoms. The van der Waals surface area contributed by atoms with E-state index >= 15 is 0 Å². The fourth-order valence-electron chi connectivity index (χ4n) is 2.34. The van der Waals surface area contributed by atoms with Crippen molar-refractivity contribution >= 4 is 5.78 Å². The molecule has 2 N–H and O–H groups in total. The molecule has 1 fully saturated rings. The number of benzene rings is 1. The van der Waals surface area contributed by atoms with E-state index in [1.54, 1.807) is 19.1 Å². The van der Waals surface area contributed by atoms with Crippen molar-refractivity contribution in [3.05, 3.63) is 35.4 Å². The van der Waals surface area contributed by atoms with Crippen LogP contribution in [-0.2, 0) is 0 Å². The number of carbonyl (C=O) groups excluding carboxylic acids is 1. The minimum atomic E-state index is -0.427. The van der Waals surface area contributed by atoms with Gasteiger partial charge in [0.2, 0.25) is 0 Å². The molecule has 2 rings (SSSR count). The molecule has 1 saturated heterocycles. The van der Waals surface area contributed by atoms with Crippen LogP contribution in [0.25, 0.3) is 0 Å². The number of hydrogen-bond acceptors (Lipinski definition) is 3. The highest BCUT2D eigenvalue weighted by Gasteiger charge is 2.22. The second-order valence-corrected chi connectivity index (χ2v) is 4.73. The topological polar surface area (TPSA) is 49.3 Å². The number of aliphatic hydroxyl groups excluding tert-OH is 1. The molecule has 0 radical (unpaired) electrons.